The van der Waals surface area contributed by atoms with Crippen LogP contribution in [0, 0.1) is 0 Å². The summed E-state index contributed by atoms with van der Waals surface area (Å²) in [5, 5.41) is 5.64. The van der Waals surface area contributed by atoms with E-state index in [-0.39, 0.29) is 11.8 Å². The Morgan fingerprint density at radius 2 is 1.70 bits per heavy atom. The van der Waals surface area contributed by atoms with E-state index in [4.69, 9.17) is 13.9 Å². The van der Waals surface area contributed by atoms with E-state index in [1.54, 1.807) is 30.3 Å². The van der Waals surface area contributed by atoms with Crippen LogP contribution in [0.4, 0.5) is 11.4 Å². The molecule has 30 heavy (non-hydrogen) atoms. The lowest BCUT2D eigenvalue weighted by molar-refractivity contribution is -0.116. The molecule has 0 saturated carbocycles. The maximum absolute atomic E-state index is 12.4. The third-order valence-corrected chi connectivity index (χ3v) is 4.64. The first kappa shape index (κ1) is 19.6. The Kier molecular flexibility index (Phi) is 5.98. The fourth-order valence-electron chi connectivity index (χ4n) is 3.12. The van der Waals surface area contributed by atoms with Gasteiger partial charge < -0.3 is 24.5 Å². The SMILES string of the molecule is O=C(CCc1ccc2c(c1)OCCCO2)Nc1cccc(NC(=O)c2ccoc2)c1. The number of carbonyl (C=O) groups excluding carboxylic acids is 2. The third kappa shape index (κ3) is 5.00. The van der Waals surface area contributed by atoms with Gasteiger partial charge in [0.05, 0.1) is 25.0 Å². The predicted octanol–water partition coefficient (Wildman–Crippen LogP) is 4.26. The van der Waals surface area contributed by atoms with Crippen LogP contribution in [0.2, 0.25) is 0 Å². The number of nitrogens with one attached hydrogen (secondary N) is 2. The fraction of sp³-hybridized carbons (Fsp3) is 0.217. The van der Waals surface area contributed by atoms with E-state index in [9.17, 15) is 9.59 Å². The number of hydrogen-bond donors (Lipinski definition) is 2. The van der Waals surface area contributed by atoms with Gasteiger partial charge in [0.25, 0.3) is 5.91 Å². The molecule has 1 aromatic heterocycles. The minimum atomic E-state index is -0.276. The number of fused-ring (bicyclic) bond motifs is 1. The van der Waals surface area contributed by atoms with Gasteiger partial charge in [-0.3, -0.25) is 9.59 Å². The molecule has 3 aromatic rings. The Morgan fingerprint density at radius 3 is 2.50 bits per heavy atom. The smallest absolute Gasteiger partial charge is 0.258 e. The van der Waals surface area contributed by atoms with Crippen molar-refractivity contribution in [1.82, 2.24) is 0 Å². The molecule has 0 aliphatic carbocycles. The standard InChI is InChI=1S/C23H22N2O5/c26-22(8-6-16-5-7-20-21(13-16)30-11-2-10-29-20)24-18-3-1-4-19(14-18)25-23(27)17-9-12-28-15-17/h1,3-5,7,9,12-15H,2,6,8,10-11H2,(H,24,26)(H,25,27). The molecule has 1 aliphatic rings. The number of carbonyl (C=O) groups is 2. The van der Waals surface area contributed by atoms with Gasteiger partial charge in [-0.15, -0.1) is 0 Å². The highest BCUT2D eigenvalue weighted by Crippen LogP contribution is 2.30. The van der Waals surface area contributed by atoms with Gasteiger partial charge >= 0.3 is 0 Å². The maximum atomic E-state index is 12.4. The van der Waals surface area contributed by atoms with Gasteiger partial charge in [0, 0.05) is 24.2 Å². The zero-order chi connectivity index (χ0) is 20.8. The number of furan rings is 1. The molecule has 7 heteroatoms. The number of rotatable bonds is 6. The van der Waals surface area contributed by atoms with E-state index >= 15 is 0 Å². The zero-order valence-corrected chi connectivity index (χ0v) is 16.4. The van der Waals surface area contributed by atoms with Gasteiger partial charge in [-0.25, -0.2) is 0 Å². The molecule has 2 aromatic carbocycles. The largest absolute Gasteiger partial charge is 0.490 e. The van der Waals surface area contributed by atoms with Crippen molar-refractivity contribution < 1.29 is 23.5 Å². The van der Waals surface area contributed by atoms with E-state index in [0.717, 1.165) is 23.5 Å². The summed E-state index contributed by atoms with van der Waals surface area (Å²) < 4.78 is 16.2. The molecular weight excluding hydrogens is 384 g/mol. The molecule has 4 rings (SSSR count). The van der Waals surface area contributed by atoms with Crippen molar-refractivity contribution in [3.8, 4) is 11.5 Å². The molecule has 1 aliphatic heterocycles. The molecule has 0 saturated heterocycles. The second-order valence-corrected chi connectivity index (χ2v) is 6.93. The Balaban J connectivity index is 1.32. The Hall–Kier alpha value is -3.74. The Bertz CT molecular complexity index is 1030. The number of hydrogen-bond acceptors (Lipinski definition) is 5. The minimum absolute atomic E-state index is 0.111. The molecule has 0 bridgehead atoms. The summed E-state index contributed by atoms with van der Waals surface area (Å²) in [4.78, 5) is 24.5. The van der Waals surface area contributed by atoms with Gasteiger partial charge in [0.2, 0.25) is 5.91 Å². The van der Waals surface area contributed by atoms with Gasteiger partial charge in [-0.2, -0.15) is 0 Å². The van der Waals surface area contributed by atoms with Crippen LogP contribution >= 0.6 is 0 Å². The summed E-state index contributed by atoms with van der Waals surface area (Å²) in [6, 6.07) is 14.4. The lowest BCUT2D eigenvalue weighted by Gasteiger charge is -2.10. The van der Waals surface area contributed by atoms with Gasteiger partial charge in [-0.05, 0) is 48.4 Å². The van der Waals surface area contributed by atoms with Crippen molar-refractivity contribution >= 4 is 23.2 Å². The first-order valence-corrected chi connectivity index (χ1v) is 9.79. The summed E-state index contributed by atoms with van der Waals surface area (Å²) >= 11 is 0. The normalized spacial score (nSPS) is 12.7. The summed E-state index contributed by atoms with van der Waals surface area (Å²) in [6.45, 7) is 1.28. The number of benzene rings is 2. The second kappa shape index (κ2) is 9.17. The van der Waals surface area contributed by atoms with Crippen molar-refractivity contribution in [2.45, 2.75) is 19.3 Å². The molecular formula is C23H22N2O5. The Labute approximate surface area is 174 Å². The van der Waals surface area contributed by atoms with Crippen LogP contribution in [-0.4, -0.2) is 25.0 Å². The van der Waals surface area contributed by atoms with Crippen molar-refractivity contribution in [3.05, 3.63) is 72.2 Å². The molecule has 7 nitrogen and oxygen atoms in total. The van der Waals surface area contributed by atoms with Crippen LogP contribution < -0.4 is 20.1 Å². The summed E-state index contributed by atoms with van der Waals surface area (Å²) in [7, 11) is 0. The first-order chi connectivity index (χ1) is 14.7. The van der Waals surface area contributed by atoms with E-state index in [2.05, 4.69) is 10.6 Å². The molecule has 0 atom stereocenters. The molecule has 2 N–H and O–H groups in total. The van der Waals surface area contributed by atoms with Crippen LogP contribution in [-0.2, 0) is 11.2 Å². The summed E-state index contributed by atoms with van der Waals surface area (Å²) in [5.74, 6) is 1.09. The highest BCUT2D eigenvalue weighted by atomic mass is 16.5. The molecule has 0 unspecified atom stereocenters. The van der Waals surface area contributed by atoms with Crippen LogP contribution in [0.3, 0.4) is 0 Å². The lowest BCUT2D eigenvalue weighted by Crippen LogP contribution is -2.14. The average Bonchev–Trinajstić information content (AvgIpc) is 3.19. The molecule has 0 radical (unpaired) electrons. The maximum Gasteiger partial charge on any atom is 0.258 e. The van der Waals surface area contributed by atoms with E-state index in [0.29, 0.717) is 43.0 Å². The van der Waals surface area contributed by atoms with Gasteiger partial charge in [0.1, 0.15) is 6.26 Å². The van der Waals surface area contributed by atoms with Crippen molar-refractivity contribution in [2.24, 2.45) is 0 Å². The third-order valence-electron chi connectivity index (χ3n) is 4.64. The van der Waals surface area contributed by atoms with E-state index in [1.165, 1.54) is 12.5 Å². The average molecular weight is 406 g/mol. The van der Waals surface area contributed by atoms with Crippen molar-refractivity contribution in [2.75, 3.05) is 23.8 Å². The molecule has 154 valence electrons. The topological polar surface area (TPSA) is 89.8 Å². The molecule has 0 fully saturated rings. The molecule has 0 spiro atoms. The van der Waals surface area contributed by atoms with Gasteiger partial charge in [0.15, 0.2) is 11.5 Å². The first-order valence-electron chi connectivity index (χ1n) is 9.79. The monoisotopic (exact) mass is 406 g/mol. The highest BCUT2D eigenvalue weighted by Gasteiger charge is 2.12. The van der Waals surface area contributed by atoms with Crippen molar-refractivity contribution in [1.29, 1.82) is 0 Å². The van der Waals surface area contributed by atoms with Gasteiger partial charge in [-0.1, -0.05) is 12.1 Å². The van der Waals surface area contributed by atoms with Crippen LogP contribution in [0.25, 0.3) is 0 Å². The van der Waals surface area contributed by atoms with Crippen LogP contribution in [0.5, 0.6) is 11.5 Å². The number of aryl methyl sites for hydroxylation is 1. The van der Waals surface area contributed by atoms with E-state index < -0.39 is 0 Å². The number of ether oxygens (including phenoxy) is 2. The molecule has 2 amide bonds. The highest BCUT2D eigenvalue weighted by molar-refractivity contribution is 6.04. The number of anilines is 2. The Morgan fingerprint density at radius 1 is 0.900 bits per heavy atom. The quantitative estimate of drug-likeness (QED) is 0.638. The lowest BCUT2D eigenvalue weighted by atomic mass is 10.1. The summed E-state index contributed by atoms with van der Waals surface area (Å²) in [6.07, 6.45) is 4.58. The zero-order valence-electron chi connectivity index (χ0n) is 16.4. The second-order valence-electron chi connectivity index (χ2n) is 6.93. The minimum Gasteiger partial charge on any atom is -0.490 e. The van der Waals surface area contributed by atoms with E-state index in [1.807, 2.05) is 18.2 Å². The fourth-order valence-corrected chi connectivity index (χ4v) is 3.12. The van der Waals surface area contributed by atoms with Crippen molar-refractivity contribution in [3.63, 3.8) is 0 Å². The summed E-state index contributed by atoms with van der Waals surface area (Å²) in [5.41, 5.74) is 2.64. The molecule has 2 heterocycles. The predicted molar refractivity (Wildman–Crippen MR) is 112 cm³/mol. The van der Waals surface area contributed by atoms with Crippen LogP contribution in [0.15, 0.2) is 65.5 Å². The number of amides is 2. The van der Waals surface area contributed by atoms with Crippen LogP contribution in [0.1, 0.15) is 28.8 Å².